The number of nitrogens with two attached hydrogens (primary N) is 1. The van der Waals surface area contributed by atoms with E-state index in [2.05, 4.69) is 4.98 Å². The van der Waals surface area contributed by atoms with Crippen LogP contribution < -0.4 is 5.73 Å². The molecule has 0 spiro atoms. The second-order valence-electron chi connectivity index (χ2n) is 4.64. The van der Waals surface area contributed by atoms with Crippen molar-refractivity contribution in [3.63, 3.8) is 0 Å². The fraction of sp³-hybridized carbons (Fsp3) is 0.333. The lowest BCUT2D eigenvalue weighted by molar-refractivity contribution is 0.0521. The Labute approximate surface area is 128 Å². The van der Waals surface area contributed by atoms with Gasteiger partial charge in [0.15, 0.2) is 5.69 Å². The lowest BCUT2D eigenvalue weighted by Gasteiger charge is -2.08. The van der Waals surface area contributed by atoms with E-state index in [4.69, 9.17) is 22.1 Å². The Morgan fingerprint density at radius 1 is 1.38 bits per heavy atom. The van der Waals surface area contributed by atoms with Gasteiger partial charge in [-0.2, -0.15) is 0 Å². The Kier molecular flexibility index (Phi) is 4.85. The van der Waals surface area contributed by atoms with E-state index in [-0.39, 0.29) is 5.69 Å². The third kappa shape index (κ3) is 3.55. The van der Waals surface area contributed by atoms with Crippen LogP contribution in [-0.2, 0) is 17.7 Å². The van der Waals surface area contributed by atoms with Gasteiger partial charge in [0.1, 0.15) is 11.6 Å². The monoisotopic (exact) mass is 307 g/mol. The van der Waals surface area contributed by atoms with Gasteiger partial charge in [0.25, 0.3) is 0 Å². The van der Waals surface area contributed by atoms with Crippen molar-refractivity contribution < 1.29 is 9.53 Å². The zero-order valence-corrected chi connectivity index (χ0v) is 12.9. The van der Waals surface area contributed by atoms with Crippen LogP contribution in [0.15, 0.2) is 24.3 Å². The van der Waals surface area contributed by atoms with Gasteiger partial charge >= 0.3 is 5.97 Å². The molecule has 112 valence electrons. The van der Waals surface area contributed by atoms with E-state index in [0.717, 1.165) is 12.0 Å². The van der Waals surface area contributed by atoms with Gasteiger partial charge in [-0.1, -0.05) is 23.7 Å². The summed E-state index contributed by atoms with van der Waals surface area (Å²) in [6, 6.07) is 7.64. The van der Waals surface area contributed by atoms with E-state index in [1.54, 1.807) is 6.92 Å². The number of hydrogen-bond donors (Lipinski definition) is 1. The van der Waals surface area contributed by atoms with Crippen LogP contribution in [0, 0.1) is 6.92 Å². The van der Waals surface area contributed by atoms with E-state index in [9.17, 15) is 4.79 Å². The molecular formula is C15H18ClN3O2. The summed E-state index contributed by atoms with van der Waals surface area (Å²) in [6.45, 7) is 4.51. The van der Waals surface area contributed by atoms with Crippen molar-refractivity contribution in [2.75, 3.05) is 12.3 Å². The number of carbonyl (C=O) groups is 1. The molecule has 1 aromatic heterocycles. The topological polar surface area (TPSA) is 70.1 Å². The first-order chi connectivity index (χ1) is 10.0. The number of aryl methyl sites for hydroxylation is 2. The summed E-state index contributed by atoms with van der Waals surface area (Å²) in [5.41, 5.74) is 7.33. The molecule has 2 N–H and O–H groups in total. The number of nitrogen functional groups attached to an aromatic ring is 1. The van der Waals surface area contributed by atoms with Crippen LogP contribution in [0.5, 0.6) is 0 Å². The van der Waals surface area contributed by atoms with Crippen LogP contribution in [0.4, 0.5) is 5.82 Å². The Hall–Kier alpha value is -2.01. The molecule has 21 heavy (non-hydrogen) atoms. The van der Waals surface area contributed by atoms with Crippen molar-refractivity contribution in [2.24, 2.45) is 0 Å². The van der Waals surface area contributed by atoms with Crippen molar-refractivity contribution in [1.29, 1.82) is 0 Å². The number of hydrogen-bond acceptors (Lipinski definition) is 4. The molecule has 0 fully saturated rings. The minimum atomic E-state index is -0.483. The van der Waals surface area contributed by atoms with E-state index in [1.165, 1.54) is 0 Å². The first-order valence-corrected chi connectivity index (χ1v) is 7.15. The van der Waals surface area contributed by atoms with Crippen molar-refractivity contribution in [1.82, 2.24) is 9.55 Å². The van der Waals surface area contributed by atoms with Crippen molar-refractivity contribution in [2.45, 2.75) is 26.8 Å². The van der Waals surface area contributed by atoms with Crippen LogP contribution in [-0.4, -0.2) is 22.1 Å². The number of anilines is 1. The number of ether oxygens (including phenoxy) is 1. The third-order valence-electron chi connectivity index (χ3n) is 3.20. The highest BCUT2D eigenvalue weighted by atomic mass is 35.5. The van der Waals surface area contributed by atoms with Gasteiger partial charge in [0.2, 0.25) is 0 Å². The van der Waals surface area contributed by atoms with Crippen molar-refractivity contribution in [3.05, 3.63) is 46.4 Å². The van der Waals surface area contributed by atoms with Crippen LogP contribution in [0.2, 0.25) is 5.02 Å². The summed E-state index contributed by atoms with van der Waals surface area (Å²) in [4.78, 5) is 15.9. The maximum atomic E-state index is 11.8. The largest absolute Gasteiger partial charge is 0.461 e. The fourth-order valence-corrected chi connectivity index (χ4v) is 2.23. The quantitative estimate of drug-likeness (QED) is 0.862. The van der Waals surface area contributed by atoms with Gasteiger partial charge < -0.3 is 15.0 Å². The van der Waals surface area contributed by atoms with Crippen molar-refractivity contribution >= 4 is 23.4 Å². The molecule has 5 nitrogen and oxygen atoms in total. The van der Waals surface area contributed by atoms with Crippen molar-refractivity contribution in [3.8, 4) is 0 Å². The van der Waals surface area contributed by atoms with E-state index in [1.807, 2.05) is 35.8 Å². The zero-order valence-electron chi connectivity index (χ0n) is 12.1. The number of rotatable bonds is 5. The SMILES string of the molecule is CCOC(=O)c1nc(C)n(CCc2ccc(Cl)cc2)c1N. The number of nitrogens with zero attached hydrogens (tertiary/aromatic N) is 2. The molecule has 0 aliphatic carbocycles. The van der Waals surface area contributed by atoms with Gasteiger partial charge in [0.05, 0.1) is 6.61 Å². The zero-order chi connectivity index (χ0) is 15.4. The molecule has 0 saturated heterocycles. The number of benzene rings is 1. The van der Waals surface area contributed by atoms with Gasteiger partial charge in [-0.3, -0.25) is 0 Å². The molecule has 0 amide bonds. The van der Waals surface area contributed by atoms with Gasteiger partial charge in [0, 0.05) is 11.6 Å². The molecule has 0 radical (unpaired) electrons. The van der Waals surface area contributed by atoms with Crippen LogP contribution in [0.1, 0.15) is 28.8 Å². The minimum absolute atomic E-state index is 0.186. The number of imidazole rings is 1. The van der Waals surface area contributed by atoms with Gasteiger partial charge in [-0.25, -0.2) is 9.78 Å². The number of halogens is 1. The molecule has 0 bridgehead atoms. The molecule has 6 heteroatoms. The number of aromatic nitrogens is 2. The van der Waals surface area contributed by atoms with Crippen LogP contribution in [0.3, 0.4) is 0 Å². The third-order valence-corrected chi connectivity index (χ3v) is 3.46. The summed E-state index contributed by atoms with van der Waals surface area (Å²) in [5.74, 6) is 0.563. The van der Waals surface area contributed by atoms with Gasteiger partial charge in [-0.15, -0.1) is 0 Å². The van der Waals surface area contributed by atoms with E-state index < -0.39 is 5.97 Å². The molecular weight excluding hydrogens is 290 g/mol. The first-order valence-electron chi connectivity index (χ1n) is 6.77. The van der Waals surface area contributed by atoms with Crippen LogP contribution >= 0.6 is 11.6 Å². The Morgan fingerprint density at radius 3 is 2.67 bits per heavy atom. The maximum Gasteiger partial charge on any atom is 0.360 e. The number of esters is 1. The average Bonchev–Trinajstić information content (AvgIpc) is 2.74. The summed E-state index contributed by atoms with van der Waals surface area (Å²) in [5, 5.41) is 0.710. The first kappa shape index (κ1) is 15.4. The molecule has 1 heterocycles. The van der Waals surface area contributed by atoms with E-state index >= 15 is 0 Å². The average molecular weight is 308 g/mol. The molecule has 0 aliphatic heterocycles. The molecule has 0 aliphatic rings. The van der Waals surface area contributed by atoms with Gasteiger partial charge in [-0.05, 0) is 38.0 Å². The van der Waals surface area contributed by atoms with Crippen LogP contribution in [0.25, 0.3) is 0 Å². The lowest BCUT2D eigenvalue weighted by Crippen LogP contribution is -2.11. The summed E-state index contributed by atoms with van der Waals surface area (Å²) in [6.07, 6.45) is 0.779. The maximum absolute atomic E-state index is 11.8. The molecule has 0 unspecified atom stereocenters. The molecule has 2 aromatic rings. The summed E-state index contributed by atoms with van der Waals surface area (Å²) >= 11 is 5.86. The fourth-order valence-electron chi connectivity index (χ4n) is 2.11. The highest BCUT2D eigenvalue weighted by molar-refractivity contribution is 6.30. The Balaban J connectivity index is 2.13. The molecule has 1 aromatic carbocycles. The summed E-state index contributed by atoms with van der Waals surface area (Å²) in [7, 11) is 0. The molecule has 0 saturated carbocycles. The summed E-state index contributed by atoms with van der Waals surface area (Å²) < 4.78 is 6.76. The number of carbonyl (C=O) groups excluding carboxylic acids is 1. The molecule has 2 rings (SSSR count). The predicted molar refractivity (Wildman–Crippen MR) is 82.5 cm³/mol. The minimum Gasteiger partial charge on any atom is -0.461 e. The lowest BCUT2D eigenvalue weighted by atomic mass is 10.1. The van der Waals surface area contributed by atoms with E-state index in [0.29, 0.717) is 29.8 Å². The second-order valence-corrected chi connectivity index (χ2v) is 5.08. The normalized spacial score (nSPS) is 10.6. The Morgan fingerprint density at radius 2 is 2.05 bits per heavy atom. The highest BCUT2D eigenvalue weighted by Gasteiger charge is 2.19. The predicted octanol–water partition coefficient (Wildman–Crippen LogP) is 2.85. The smallest absolute Gasteiger partial charge is 0.360 e. The Bertz CT molecular complexity index is 635. The second kappa shape index (κ2) is 6.63. The standard InChI is InChI=1S/C15H18ClN3O2/c1-3-21-15(20)13-14(17)19(10(2)18-13)9-8-11-4-6-12(16)7-5-11/h4-7H,3,8-9,17H2,1-2H3. The molecule has 0 atom stereocenters. The highest BCUT2D eigenvalue weighted by Crippen LogP contribution is 2.17.